The van der Waals surface area contributed by atoms with Crippen molar-refractivity contribution in [1.29, 1.82) is 0 Å². The zero-order valence-electron chi connectivity index (χ0n) is 15.1. The SMILES string of the molecule is Cc1cc(-n2cccn2)ccc1NC(=O)N1CC[C@H](OCC(C)C)C1. The van der Waals surface area contributed by atoms with Gasteiger partial charge in [0.15, 0.2) is 0 Å². The highest BCUT2D eigenvalue weighted by Crippen LogP contribution is 2.21. The van der Waals surface area contributed by atoms with Crippen LogP contribution in [0.25, 0.3) is 5.69 Å². The lowest BCUT2D eigenvalue weighted by Gasteiger charge is -2.19. The molecule has 6 heteroatoms. The maximum Gasteiger partial charge on any atom is 0.321 e. The minimum Gasteiger partial charge on any atom is -0.376 e. The fourth-order valence-corrected chi connectivity index (χ4v) is 2.92. The molecule has 0 saturated carbocycles. The molecule has 1 fully saturated rings. The fourth-order valence-electron chi connectivity index (χ4n) is 2.92. The highest BCUT2D eigenvalue weighted by atomic mass is 16.5. The number of benzene rings is 1. The van der Waals surface area contributed by atoms with Crippen LogP contribution in [0.5, 0.6) is 0 Å². The van der Waals surface area contributed by atoms with E-state index in [1.54, 1.807) is 10.9 Å². The first-order chi connectivity index (χ1) is 12.0. The van der Waals surface area contributed by atoms with Crippen LogP contribution >= 0.6 is 0 Å². The van der Waals surface area contributed by atoms with Crippen molar-refractivity contribution in [3.63, 3.8) is 0 Å². The molecule has 1 atom stereocenters. The quantitative estimate of drug-likeness (QED) is 0.905. The summed E-state index contributed by atoms with van der Waals surface area (Å²) >= 11 is 0. The summed E-state index contributed by atoms with van der Waals surface area (Å²) in [4.78, 5) is 14.3. The number of anilines is 1. The van der Waals surface area contributed by atoms with E-state index >= 15 is 0 Å². The van der Waals surface area contributed by atoms with Crippen LogP contribution in [0.4, 0.5) is 10.5 Å². The van der Waals surface area contributed by atoms with Crippen LogP contribution in [0.1, 0.15) is 25.8 Å². The zero-order valence-corrected chi connectivity index (χ0v) is 15.1. The van der Waals surface area contributed by atoms with Crippen LogP contribution < -0.4 is 5.32 Å². The molecule has 0 aliphatic carbocycles. The summed E-state index contributed by atoms with van der Waals surface area (Å²) in [6.07, 6.45) is 4.69. The molecular weight excluding hydrogens is 316 g/mol. The Bertz CT molecular complexity index is 712. The second-order valence-electron chi connectivity index (χ2n) is 6.96. The highest BCUT2D eigenvalue weighted by molar-refractivity contribution is 5.90. The normalized spacial score (nSPS) is 17.3. The van der Waals surface area contributed by atoms with Crippen molar-refractivity contribution in [1.82, 2.24) is 14.7 Å². The van der Waals surface area contributed by atoms with Crippen LogP contribution in [0.2, 0.25) is 0 Å². The number of hydrogen-bond acceptors (Lipinski definition) is 3. The average Bonchev–Trinajstić information content (AvgIpc) is 3.26. The number of carbonyl (C=O) groups is 1. The summed E-state index contributed by atoms with van der Waals surface area (Å²) in [6, 6.07) is 7.71. The molecule has 1 aromatic heterocycles. The van der Waals surface area contributed by atoms with E-state index < -0.39 is 0 Å². The van der Waals surface area contributed by atoms with Crippen molar-refractivity contribution < 1.29 is 9.53 Å². The van der Waals surface area contributed by atoms with Gasteiger partial charge in [0, 0.05) is 37.8 Å². The van der Waals surface area contributed by atoms with Gasteiger partial charge in [-0.1, -0.05) is 13.8 Å². The monoisotopic (exact) mass is 342 g/mol. The molecule has 134 valence electrons. The molecule has 1 aliphatic rings. The maximum atomic E-state index is 12.5. The molecule has 25 heavy (non-hydrogen) atoms. The van der Waals surface area contributed by atoms with Crippen molar-refractivity contribution in [2.75, 3.05) is 25.0 Å². The van der Waals surface area contributed by atoms with Crippen LogP contribution in [-0.2, 0) is 4.74 Å². The lowest BCUT2D eigenvalue weighted by Crippen LogP contribution is -2.34. The molecule has 1 aromatic carbocycles. The van der Waals surface area contributed by atoms with Gasteiger partial charge in [-0.3, -0.25) is 0 Å². The van der Waals surface area contributed by atoms with Gasteiger partial charge >= 0.3 is 6.03 Å². The Labute approximate surface area is 148 Å². The molecule has 1 N–H and O–H groups in total. The van der Waals surface area contributed by atoms with Gasteiger partial charge in [-0.2, -0.15) is 5.10 Å². The summed E-state index contributed by atoms with van der Waals surface area (Å²) in [5.74, 6) is 0.513. The van der Waals surface area contributed by atoms with E-state index in [1.165, 1.54) is 0 Å². The second-order valence-corrected chi connectivity index (χ2v) is 6.96. The predicted octanol–water partition coefficient (Wildman–Crippen LogP) is 3.46. The molecular formula is C19H26N4O2. The smallest absolute Gasteiger partial charge is 0.321 e. The Kier molecular flexibility index (Phi) is 5.38. The third-order valence-electron chi connectivity index (χ3n) is 4.32. The molecule has 0 bridgehead atoms. The summed E-state index contributed by atoms with van der Waals surface area (Å²) in [5.41, 5.74) is 2.81. The van der Waals surface area contributed by atoms with Crippen molar-refractivity contribution in [2.24, 2.45) is 5.92 Å². The first-order valence-electron chi connectivity index (χ1n) is 8.81. The number of amides is 2. The van der Waals surface area contributed by atoms with Crippen LogP contribution in [0.15, 0.2) is 36.7 Å². The molecule has 2 amide bonds. The van der Waals surface area contributed by atoms with E-state index in [-0.39, 0.29) is 12.1 Å². The number of hydrogen-bond donors (Lipinski definition) is 1. The molecule has 1 saturated heterocycles. The lowest BCUT2D eigenvalue weighted by molar-refractivity contribution is 0.0440. The number of likely N-dealkylation sites (tertiary alicyclic amines) is 1. The topological polar surface area (TPSA) is 59.4 Å². The van der Waals surface area contributed by atoms with Crippen molar-refractivity contribution >= 4 is 11.7 Å². The van der Waals surface area contributed by atoms with Gasteiger partial charge in [-0.15, -0.1) is 0 Å². The summed E-state index contributed by atoms with van der Waals surface area (Å²) in [7, 11) is 0. The summed E-state index contributed by atoms with van der Waals surface area (Å²) < 4.78 is 7.65. The van der Waals surface area contributed by atoms with E-state index in [0.717, 1.165) is 36.5 Å². The van der Waals surface area contributed by atoms with Gasteiger partial charge in [0.25, 0.3) is 0 Å². The number of ether oxygens (including phenoxy) is 1. The molecule has 1 aliphatic heterocycles. The number of urea groups is 1. The zero-order chi connectivity index (χ0) is 17.8. The van der Waals surface area contributed by atoms with E-state index in [1.807, 2.05) is 42.3 Å². The van der Waals surface area contributed by atoms with Gasteiger partial charge in [-0.25, -0.2) is 9.48 Å². The first kappa shape index (κ1) is 17.5. The van der Waals surface area contributed by atoms with Crippen molar-refractivity contribution in [3.8, 4) is 5.69 Å². The molecule has 6 nitrogen and oxygen atoms in total. The Morgan fingerprint density at radius 1 is 1.44 bits per heavy atom. The van der Waals surface area contributed by atoms with Crippen molar-refractivity contribution in [3.05, 3.63) is 42.2 Å². The molecule has 2 heterocycles. The molecule has 2 aromatic rings. The fraction of sp³-hybridized carbons (Fsp3) is 0.474. The van der Waals surface area contributed by atoms with Crippen LogP contribution in [-0.4, -0.2) is 46.5 Å². The first-order valence-corrected chi connectivity index (χ1v) is 8.81. The number of carbonyl (C=O) groups excluding carboxylic acids is 1. The van der Waals surface area contributed by atoms with Gasteiger partial charge in [0.2, 0.25) is 0 Å². The Hall–Kier alpha value is -2.34. The minimum absolute atomic E-state index is 0.0643. The van der Waals surface area contributed by atoms with Crippen molar-refractivity contribution in [2.45, 2.75) is 33.3 Å². The van der Waals surface area contributed by atoms with E-state index in [4.69, 9.17) is 4.74 Å². The molecule has 0 unspecified atom stereocenters. The van der Waals surface area contributed by atoms with E-state index in [2.05, 4.69) is 24.3 Å². The van der Waals surface area contributed by atoms with Gasteiger partial charge in [0.1, 0.15) is 0 Å². The Balaban J connectivity index is 1.58. The number of aromatic nitrogens is 2. The lowest BCUT2D eigenvalue weighted by atomic mass is 10.2. The average molecular weight is 342 g/mol. The number of nitrogens with zero attached hydrogens (tertiary/aromatic N) is 3. The van der Waals surface area contributed by atoms with Crippen LogP contribution in [0, 0.1) is 12.8 Å². The Morgan fingerprint density at radius 3 is 2.96 bits per heavy atom. The van der Waals surface area contributed by atoms with Gasteiger partial charge in [0.05, 0.1) is 11.8 Å². The van der Waals surface area contributed by atoms with Crippen LogP contribution in [0.3, 0.4) is 0 Å². The number of rotatable bonds is 5. The Morgan fingerprint density at radius 2 is 2.28 bits per heavy atom. The molecule has 0 radical (unpaired) electrons. The summed E-state index contributed by atoms with van der Waals surface area (Å²) in [6.45, 7) is 8.39. The standard InChI is InChI=1S/C19H26N4O2/c1-14(2)13-25-17-7-10-22(12-17)19(24)21-18-6-5-16(11-15(18)3)23-9-4-8-20-23/h4-6,8-9,11,14,17H,7,10,12-13H2,1-3H3,(H,21,24)/t17-/m0/s1. The highest BCUT2D eigenvalue weighted by Gasteiger charge is 2.27. The minimum atomic E-state index is -0.0643. The largest absolute Gasteiger partial charge is 0.376 e. The molecule has 3 rings (SSSR count). The predicted molar refractivity (Wildman–Crippen MR) is 98.1 cm³/mol. The molecule has 0 spiro atoms. The number of aryl methyl sites for hydroxylation is 1. The third-order valence-corrected chi connectivity index (χ3v) is 4.32. The third kappa shape index (κ3) is 4.39. The summed E-state index contributed by atoms with van der Waals surface area (Å²) in [5, 5.41) is 7.24. The van der Waals surface area contributed by atoms with E-state index in [9.17, 15) is 4.79 Å². The van der Waals surface area contributed by atoms with Gasteiger partial charge in [-0.05, 0) is 49.1 Å². The maximum absolute atomic E-state index is 12.5. The second kappa shape index (κ2) is 7.70. The number of nitrogens with one attached hydrogen (secondary N) is 1. The van der Waals surface area contributed by atoms with Gasteiger partial charge < -0.3 is 15.0 Å². The van der Waals surface area contributed by atoms with E-state index in [0.29, 0.717) is 12.5 Å².